The fraction of sp³-hybridized carbons (Fsp3) is 0.474. The molecular weight excluding hydrogens is 338 g/mol. The van der Waals surface area contributed by atoms with Gasteiger partial charge in [0.2, 0.25) is 5.91 Å². The zero-order valence-corrected chi connectivity index (χ0v) is 15.5. The lowest BCUT2D eigenvalue weighted by atomic mass is 10.1. The van der Waals surface area contributed by atoms with Gasteiger partial charge in [-0.1, -0.05) is 22.8 Å². The zero-order valence-electron chi connectivity index (χ0n) is 14.7. The van der Waals surface area contributed by atoms with E-state index >= 15 is 0 Å². The highest BCUT2D eigenvalue weighted by atomic mass is 35.5. The van der Waals surface area contributed by atoms with Crippen LogP contribution in [0.2, 0.25) is 5.02 Å². The van der Waals surface area contributed by atoms with Crippen LogP contribution in [-0.4, -0.2) is 35.1 Å². The van der Waals surface area contributed by atoms with Crippen molar-refractivity contribution in [2.75, 3.05) is 13.1 Å². The van der Waals surface area contributed by atoms with Crippen molar-refractivity contribution in [3.05, 3.63) is 51.9 Å². The van der Waals surface area contributed by atoms with Gasteiger partial charge in [-0.05, 0) is 49.9 Å². The summed E-state index contributed by atoms with van der Waals surface area (Å²) in [4.78, 5) is 14.5. The second kappa shape index (κ2) is 8.02. The molecule has 6 heteroatoms. The topological polar surface area (TPSA) is 58.4 Å². The highest BCUT2D eigenvalue weighted by Gasteiger charge is 2.28. The molecule has 0 radical (unpaired) electrons. The summed E-state index contributed by atoms with van der Waals surface area (Å²) in [5, 5.41) is 8.09. The van der Waals surface area contributed by atoms with E-state index < -0.39 is 0 Å². The number of nitrogens with zero attached hydrogens (tertiary/aromatic N) is 2. The average molecular weight is 362 g/mol. The molecule has 1 aliphatic heterocycles. The highest BCUT2D eigenvalue weighted by molar-refractivity contribution is 6.30. The van der Waals surface area contributed by atoms with Crippen LogP contribution in [0.5, 0.6) is 0 Å². The van der Waals surface area contributed by atoms with Gasteiger partial charge in [-0.3, -0.25) is 4.79 Å². The van der Waals surface area contributed by atoms with Crippen LogP contribution in [0.3, 0.4) is 0 Å². The third-order valence-electron chi connectivity index (χ3n) is 4.70. The molecule has 2 aromatic rings. The normalized spacial score (nSPS) is 17.2. The molecule has 1 saturated heterocycles. The summed E-state index contributed by atoms with van der Waals surface area (Å²) < 4.78 is 5.17. The molecule has 1 aliphatic rings. The van der Waals surface area contributed by atoms with Crippen LogP contribution in [0, 0.1) is 13.8 Å². The maximum Gasteiger partial charge on any atom is 0.230 e. The van der Waals surface area contributed by atoms with E-state index in [0.29, 0.717) is 5.76 Å². The van der Waals surface area contributed by atoms with Gasteiger partial charge in [-0.2, -0.15) is 0 Å². The van der Waals surface area contributed by atoms with Crippen molar-refractivity contribution >= 4 is 17.5 Å². The first-order valence-corrected chi connectivity index (χ1v) is 9.08. The van der Waals surface area contributed by atoms with E-state index in [2.05, 4.69) is 23.5 Å². The van der Waals surface area contributed by atoms with E-state index in [-0.39, 0.29) is 18.4 Å². The minimum absolute atomic E-state index is 0.114. The molecule has 0 bridgehead atoms. The van der Waals surface area contributed by atoms with E-state index in [1.54, 1.807) is 0 Å². The van der Waals surface area contributed by atoms with Crippen LogP contribution < -0.4 is 5.32 Å². The number of aryl methyl sites for hydroxylation is 2. The predicted octanol–water partition coefficient (Wildman–Crippen LogP) is 3.27. The number of hydrogen-bond acceptors (Lipinski definition) is 4. The Morgan fingerprint density at radius 1 is 1.40 bits per heavy atom. The lowest BCUT2D eigenvalue weighted by Crippen LogP contribution is -2.42. The van der Waals surface area contributed by atoms with Crippen LogP contribution >= 0.6 is 11.6 Å². The Balaban J connectivity index is 1.52. The van der Waals surface area contributed by atoms with Gasteiger partial charge in [-0.25, -0.2) is 0 Å². The number of amides is 1. The van der Waals surface area contributed by atoms with Crippen molar-refractivity contribution in [3.63, 3.8) is 0 Å². The molecule has 3 rings (SSSR count). The molecule has 0 aliphatic carbocycles. The van der Waals surface area contributed by atoms with Gasteiger partial charge in [0.05, 0.1) is 12.1 Å². The lowest BCUT2D eigenvalue weighted by Gasteiger charge is -2.25. The van der Waals surface area contributed by atoms with Gasteiger partial charge >= 0.3 is 0 Å². The quantitative estimate of drug-likeness (QED) is 0.857. The van der Waals surface area contributed by atoms with Crippen LogP contribution in [0.15, 0.2) is 28.8 Å². The molecular formula is C19H24ClN3O2. The zero-order chi connectivity index (χ0) is 17.8. The molecule has 0 spiro atoms. The van der Waals surface area contributed by atoms with Gasteiger partial charge < -0.3 is 14.7 Å². The first-order valence-electron chi connectivity index (χ1n) is 8.70. The second-order valence-corrected chi connectivity index (χ2v) is 7.13. The Morgan fingerprint density at radius 2 is 2.24 bits per heavy atom. The lowest BCUT2D eigenvalue weighted by molar-refractivity contribution is -0.131. The van der Waals surface area contributed by atoms with Crippen molar-refractivity contribution in [1.29, 1.82) is 0 Å². The highest BCUT2D eigenvalue weighted by Crippen LogP contribution is 2.19. The van der Waals surface area contributed by atoms with Crippen LogP contribution in [0.25, 0.3) is 0 Å². The Kier molecular flexibility index (Phi) is 5.76. The molecule has 134 valence electrons. The van der Waals surface area contributed by atoms with Crippen LogP contribution in [0.4, 0.5) is 0 Å². The van der Waals surface area contributed by atoms with E-state index in [0.717, 1.165) is 43.2 Å². The maximum atomic E-state index is 12.6. The number of carbonyl (C=O) groups is 1. The number of likely N-dealkylation sites (tertiary alicyclic amines) is 1. The minimum atomic E-state index is 0.114. The largest absolute Gasteiger partial charge is 0.361 e. The number of benzene rings is 1. The van der Waals surface area contributed by atoms with Crippen molar-refractivity contribution in [3.8, 4) is 0 Å². The van der Waals surface area contributed by atoms with Crippen molar-refractivity contribution < 1.29 is 9.32 Å². The molecule has 1 unspecified atom stereocenters. The molecule has 1 aromatic carbocycles. The third-order valence-corrected chi connectivity index (χ3v) is 4.93. The number of aromatic nitrogens is 1. The Morgan fingerprint density at radius 3 is 2.96 bits per heavy atom. The molecule has 0 saturated carbocycles. The molecule has 1 amide bonds. The summed E-state index contributed by atoms with van der Waals surface area (Å²) in [5.41, 5.74) is 3.22. The minimum Gasteiger partial charge on any atom is -0.361 e. The second-order valence-electron chi connectivity index (χ2n) is 6.70. The smallest absolute Gasteiger partial charge is 0.230 e. The summed E-state index contributed by atoms with van der Waals surface area (Å²) in [6, 6.07) is 8.00. The van der Waals surface area contributed by atoms with Gasteiger partial charge in [0, 0.05) is 36.8 Å². The van der Waals surface area contributed by atoms with Gasteiger partial charge in [-0.15, -0.1) is 0 Å². The number of rotatable bonds is 6. The fourth-order valence-corrected chi connectivity index (χ4v) is 3.58. The van der Waals surface area contributed by atoms with Gasteiger partial charge in [0.25, 0.3) is 0 Å². The summed E-state index contributed by atoms with van der Waals surface area (Å²) in [6.45, 7) is 6.32. The summed E-state index contributed by atoms with van der Waals surface area (Å²) in [7, 11) is 0. The number of halogens is 1. The SMILES string of the molecule is Cc1cc(CC(=O)N2CCCC2CNCc2ccc(Cl)cc2C)on1. The van der Waals surface area contributed by atoms with Crippen LogP contribution in [0.1, 0.15) is 35.4 Å². The molecule has 1 N–H and O–H groups in total. The fourth-order valence-electron chi connectivity index (χ4n) is 3.36. The first-order chi connectivity index (χ1) is 12.0. The Bertz CT molecular complexity index is 744. The van der Waals surface area contributed by atoms with Crippen molar-refractivity contribution in [1.82, 2.24) is 15.4 Å². The first kappa shape index (κ1) is 18.0. The van der Waals surface area contributed by atoms with E-state index in [4.69, 9.17) is 16.1 Å². The van der Waals surface area contributed by atoms with Crippen molar-refractivity contribution in [2.45, 2.75) is 45.7 Å². The van der Waals surface area contributed by atoms with Crippen molar-refractivity contribution in [2.24, 2.45) is 0 Å². The van der Waals surface area contributed by atoms with Crippen LogP contribution in [-0.2, 0) is 17.8 Å². The van der Waals surface area contributed by atoms with Gasteiger partial charge in [0.1, 0.15) is 5.76 Å². The average Bonchev–Trinajstić information content (AvgIpc) is 3.18. The Hall–Kier alpha value is -1.85. The predicted molar refractivity (Wildman–Crippen MR) is 97.6 cm³/mol. The molecule has 1 atom stereocenters. The van der Waals surface area contributed by atoms with E-state index in [1.807, 2.05) is 30.0 Å². The molecule has 1 aromatic heterocycles. The molecule has 2 heterocycles. The van der Waals surface area contributed by atoms with E-state index in [9.17, 15) is 4.79 Å². The number of nitrogens with one attached hydrogen (secondary N) is 1. The number of carbonyl (C=O) groups excluding carboxylic acids is 1. The van der Waals surface area contributed by atoms with E-state index in [1.165, 1.54) is 11.1 Å². The summed E-state index contributed by atoms with van der Waals surface area (Å²) in [5.74, 6) is 0.751. The molecule has 1 fully saturated rings. The Labute approximate surface area is 153 Å². The standard InChI is InChI=1S/C19H24ClN3O2/c1-13-8-16(20)6-5-15(13)11-21-12-17-4-3-7-23(17)19(24)10-18-9-14(2)22-25-18/h5-6,8-9,17,21H,3-4,7,10-12H2,1-2H3. The third kappa shape index (κ3) is 4.61. The maximum absolute atomic E-state index is 12.6. The number of hydrogen-bond donors (Lipinski definition) is 1. The van der Waals surface area contributed by atoms with Gasteiger partial charge in [0.15, 0.2) is 0 Å². The monoisotopic (exact) mass is 361 g/mol. The summed E-state index contributed by atoms with van der Waals surface area (Å²) >= 11 is 6.00. The molecule has 5 nitrogen and oxygen atoms in total. The summed E-state index contributed by atoms with van der Waals surface area (Å²) in [6.07, 6.45) is 2.37. The molecule has 25 heavy (non-hydrogen) atoms.